The van der Waals surface area contributed by atoms with Gasteiger partial charge in [-0.3, -0.25) is 19.5 Å². The minimum absolute atomic E-state index is 0.0239. The second kappa shape index (κ2) is 15.4. The highest BCUT2D eigenvalue weighted by Crippen LogP contribution is 2.36. The highest BCUT2D eigenvalue weighted by atomic mass is 127. The number of halogens is 2. The molecule has 49 heavy (non-hydrogen) atoms. The van der Waals surface area contributed by atoms with Gasteiger partial charge in [-0.1, -0.05) is 53.8 Å². The van der Waals surface area contributed by atoms with Crippen molar-refractivity contribution >= 4 is 91.7 Å². The molecule has 0 N–H and O–H groups in total. The molecule has 5 aromatic rings. The van der Waals surface area contributed by atoms with Crippen molar-refractivity contribution in [1.82, 2.24) is 4.57 Å². The lowest BCUT2D eigenvalue weighted by Crippen LogP contribution is -2.40. The SMILES string of the molecule is CCOC(=O)C1=C(c2ccccc2)N=c2s/c(=C\c3cc(I)c(OCc4ccc([N+](=O)[O-])cc4)c(I)c3)c(=O)n2[C@@H]1c1ccc(SC)cc1. The van der Waals surface area contributed by atoms with Gasteiger partial charge in [0.05, 0.1) is 40.5 Å². The third-order valence-corrected chi connectivity index (χ3v) is 11.0. The van der Waals surface area contributed by atoms with E-state index >= 15 is 0 Å². The van der Waals surface area contributed by atoms with Crippen LogP contribution >= 0.6 is 68.3 Å². The zero-order valence-corrected chi connectivity index (χ0v) is 32.0. The van der Waals surface area contributed by atoms with Gasteiger partial charge in [-0.25, -0.2) is 9.79 Å². The van der Waals surface area contributed by atoms with E-state index in [4.69, 9.17) is 14.5 Å². The van der Waals surface area contributed by atoms with Gasteiger partial charge < -0.3 is 9.47 Å². The largest absolute Gasteiger partial charge is 0.487 e. The molecule has 0 radical (unpaired) electrons. The molecule has 0 bridgehead atoms. The number of ether oxygens (including phenoxy) is 2. The number of rotatable bonds is 10. The topological polar surface area (TPSA) is 113 Å². The van der Waals surface area contributed by atoms with Crippen molar-refractivity contribution in [3.05, 3.63) is 156 Å². The Morgan fingerprint density at radius 2 is 1.71 bits per heavy atom. The molecular weight excluding hydrogens is 888 g/mol. The summed E-state index contributed by atoms with van der Waals surface area (Å²) in [5.74, 6) is 0.158. The lowest BCUT2D eigenvalue weighted by atomic mass is 9.93. The monoisotopic (exact) mass is 915 g/mol. The van der Waals surface area contributed by atoms with E-state index in [0.29, 0.717) is 26.4 Å². The van der Waals surface area contributed by atoms with Gasteiger partial charge in [-0.15, -0.1) is 11.8 Å². The average Bonchev–Trinajstić information content (AvgIpc) is 3.41. The van der Waals surface area contributed by atoms with Gasteiger partial charge in [0, 0.05) is 22.6 Å². The number of carbonyl (C=O) groups excluding carboxylic acids is 1. The molecule has 6 rings (SSSR count). The average molecular weight is 916 g/mol. The zero-order chi connectivity index (χ0) is 34.7. The Bertz CT molecular complexity index is 2250. The van der Waals surface area contributed by atoms with Crippen LogP contribution in [0.4, 0.5) is 5.69 Å². The van der Waals surface area contributed by atoms with E-state index < -0.39 is 16.9 Å². The van der Waals surface area contributed by atoms with E-state index in [1.807, 2.05) is 79.1 Å². The molecule has 1 atom stereocenters. The molecule has 0 fully saturated rings. The molecule has 0 saturated heterocycles. The zero-order valence-electron chi connectivity index (χ0n) is 26.1. The molecule has 4 aromatic carbocycles. The fourth-order valence-corrected chi connectivity index (χ4v) is 8.90. The quantitative estimate of drug-likeness (QED) is 0.0474. The normalized spacial score (nSPS) is 14.3. The Balaban J connectivity index is 1.44. The molecule has 1 aliphatic rings. The fraction of sp³-hybridized carbons (Fsp3) is 0.139. The minimum atomic E-state index is -0.751. The molecule has 1 aliphatic heterocycles. The third kappa shape index (κ3) is 7.54. The number of hydrogen-bond donors (Lipinski definition) is 0. The molecule has 0 unspecified atom stereocenters. The fourth-order valence-electron chi connectivity index (χ4n) is 5.36. The van der Waals surface area contributed by atoms with E-state index in [-0.39, 0.29) is 24.5 Å². The van der Waals surface area contributed by atoms with Gasteiger partial charge in [0.25, 0.3) is 11.2 Å². The van der Waals surface area contributed by atoms with E-state index in [9.17, 15) is 19.7 Å². The Kier molecular flexibility index (Phi) is 11.0. The van der Waals surface area contributed by atoms with Gasteiger partial charge >= 0.3 is 5.97 Å². The smallest absolute Gasteiger partial charge is 0.338 e. The summed E-state index contributed by atoms with van der Waals surface area (Å²) in [7, 11) is 0. The van der Waals surface area contributed by atoms with Gasteiger partial charge in [-0.05, 0) is 118 Å². The molecule has 0 saturated carbocycles. The highest BCUT2D eigenvalue weighted by molar-refractivity contribution is 14.1. The first-order valence-electron chi connectivity index (χ1n) is 15.0. The molecule has 2 heterocycles. The summed E-state index contributed by atoms with van der Waals surface area (Å²) in [6.45, 7) is 2.18. The van der Waals surface area contributed by atoms with Crippen molar-refractivity contribution < 1.29 is 19.2 Å². The van der Waals surface area contributed by atoms with Crippen LogP contribution in [-0.2, 0) is 16.1 Å². The van der Waals surface area contributed by atoms with Crippen molar-refractivity contribution in [2.45, 2.75) is 24.5 Å². The minimum Gasteiger partial charge on any atom is -0.487 e. The summed E-state index contributed by atoms with van der Waals surface area (Å²) in [6, 6.07) is 26.7. The summed E-state index contributed by atoms with van der Waals surface area (Å²) in [6.07, 6.45) is 3.83. The van der Waals surface area contributed by atoms with Crippen LogP contribution in [0.15, 0.2) is 111 Å². The standard InChI is InChI=1S/C36H27I2N3O6S2/c1-3-46-35(43)30-31(23-7-5-4-6-8-23)39-36-40(32(30)24-11-15-26(48-2)16-12-24)34(42)29(49-36)19-22-17-27(37)33(28(38)18-22)47-20-21-9-13-25(14-10-21)41(44)45/h4-19,32H,3,20H2,1-2H3/b29-19-/t32-/m1/s1. The van der Waals surface area contributed by atoms with Crippen molar-refractivity contribution in [1.29, 1.82) is 0 Å². The predicted octanol–water partition coefficient (Wildman–Crippen LogP) is 7.35. The van der Waals surface area contributed by atoms with Gasteiger partial charge in [0.15, 0.2) is 4.80 Å². The van der Waals surface area contributed by atoms with Gasteiger partial charge in [0.2, 0.25) is 0 Å². The molecule has 0 spiro atoms. The Hall–Kier alpha value is -3.80. The number of carbonyl (C=O) groups is 1. The van der Waals surface area contributed by atoms with Gasteiger partial charge in [0.1, 0.15) is 12.4 Å². The Morgan fingerprint density at radius 1 is 1.04 bits per heavy atom. The first kappa shape index (κ1) is 35.0. The van der Waals surface area contributed by atoms with Crippen molar-refractivity contribution in [2.24, 2.45) is 4.99 Å². The lowest BCUT2D eigenvalue weighted by molar-refractivity contribution is -0.384. The van der Waals surface area contributed by atoms with E-state index in [1.165, 1.54) is 23.5 Å². The first-order chi connectivity index (χ1) is 23.7. The molecular formula is C36H27I2N3O6S2. The number of thiazole rings is 1. The maximum Gasteiger partial charge on any atom is 0.338 e. The summed E-state index contributed by atoms with van der Waals surface area (Å²) in [5.41, 5.74) is 3.67. The second-order valence-corrected chi connectivity index (χ2v) is 14.9. The number of fused-ring (bicyclic) bond motifs is 1. The van der Waals surface area contributed by atoms with Crippen molar-refractivity contribution in [3.8, 4) is 5.75 Å². The van der Waals surface area contributed by atoms with Crippen LogP contribution in [-0.4, -0.2) is 28.3 Å². The van der Waals surface area contributed by atoms with Crippen LogP contribution < -0.4 is 19.6 Å². The Morgan fingerprint density at radius 3 is 2.33 bits per heavy atom. The number of esters is 1. The van der Waals surface area contributed by atoms with Crippen LogP contribution in [0.3, 0.4) is 0 Å². The van der Waals surface area contributed by atoms with Crippen LogP contribution in [0.1, 0.15) is 35.2 Å². The second-order valence-electron chi connectivity index (χ2n) is 10.7. The molecule has 1 aromatic heterocycles. The van der Waals surface area contributed by atoms with E-state index in [2.05, 4.69) is 45.2 Å². The van der Waals surface area contributed by atoms with E-state index in [1.54, 1.807) is 35.4 Å². The summed E-state index contributed by atoms with van der Waals surface area (Å²) < 4.78 is 15.4. The Labute approximate surface area is 316 Å². The number of nitro benzene ring substituents is 1. The van der Waals surface area contributed by atoms with Crippen LogP contribution in [0.25, 0.3) is 11.8 Å². The van der Waals surface area contributed by atoms with E-state index in [0.717, 1.165) is 34.3 Å². The highest BCUT2D eigenvalue weighted by Gasteiger charge is 2.35. The number of nitrogens with zero attached hydrogens (tertiary/aromatic N) is 3. The molecule has 0 aliphatic carbocycles. The number of non-ortho nitro benzene ring substituents is 1. The van der Waals surface area contributed by atoms with Crippen molar-refractivity contribution in [3.63, 3.8) is 0 Å². The first-order valence-corrected chi connectivity index (χ1v) is 19.2. The lowest BCUT2D eigenvalue weighted by Gasteiger charge is -2.26. The molecule has 13 heteroatoms. The number of nitro groups is 1. The molecule has 0 amide bonds. The number of benzene rings is 4. The number of thioether (sulfide) groups is 1. The third-order valence-electron chi connectivity index (χ3n) is 7.65. The number of hydrogen-bond acceptors (Lipinski definition) is 9. The summed E-state index contributed by atoms with van der Waals surface area (Å²) >= 11 is 7.28. The van der Waals surface area contributed by atoms with Crippen LogP contribution in [0.5, 0.6) is 5.75 Å². The van der Waals surface area contributed by atoms with Gasteiger partial charge in [-0.2, -0.15) is 0 Å². The summed E-state index contributed by atoms with van der Waals surface area (Å²) in [5, 5.41) is 11.0. The van der Waals surface area contributed by atoms with Crippen molar-refractivity contribution in [2.75, 3.05) is 12.9 Å². The predicted molar refractivity (Wildman–Crippen MR) is 209 cm³/mol. The number of aromatic nitrogens is 1. The summed E-state index contributed by atoms with van der Waals surface area (Å²) in [4.78, 5) is 45.0. The molecule has 9 nitrogen and oxygen atoms in total. The maximum absolute atomic E-state index is 14.3. The molecule has 248 valence electrons. The maximum atomic E-state index is 14.3. The van der Waals surface area contributed by atoms with Crippen LogP contribution in [0, 0.1) is 17.3 Å². The van der Waals surface area contributed by atoms with Crippen LogP contribution in [0.2, 0.25) is 0 Å².